The number of carboxylic acid groups (broad SMARTS) is 1. The maximum Gasteiger partial charge on any atom is 0.303 e. The highest BCUT2D eigenvalue weighted by Gasteiger charge is 2.18. The Balaban J connectivity index is 2.03. The van der Waals surface area contributed by atoms with Crippen LogP contribution in [-0.2, 0) is 14.3 Å². The summed E-state index contributed by atoms with van der Waals surface area (Å²) in [6.07, 6.45) is 3.95. The van der Waals surface area contributed by atoms with Gasteiger partial charge < -0.3 is 14.6 Å². The second-order valence-electron chi connectivity index (χ2n) is 3.62. The SMILES string of the molecule is CC1OCCC(CCCCC(=O)O)O1. The predicted octanol–water partition coefficient (Wildman–Crippen LogP) is 1.78. The molecule has 1 rings (SSSR count). The summed E-state index contributed by atoms with van der Waals surface area (Å²) in [4.78, 5) is 10.3. The maximum atomic E-state index is 10.3. The first-order valence-corrected chi connectivity index (χ1v) is 5.17. The molecule has 1 heterocycles. The second-order valence-corrected chi connectivity index (χ2v) is 3.62. The van der Waals surface area contributed by atoms with E-state index >= 15 is 0 Å². The van der Waals surface area contributed by atoms with Crippen LogP contribution in [0.5, 0.6) is 0 Å². The third-order valence-electron chi connectivity index (χ3n) is 2.34. The van der Waals surface area contributed by atoms with Crippen LogP contribution in [0.15, 0.2) is 0 Å². The normalized spacial score (nSPS) is 27.5. The van der Waals surface area contributed by atoms with Crippen molar-refractivity contribution in [3.8, 4) is 0 Å². The molecule has 1 N–H and O–H groups in total. The van der Waals surface area contributed by atoms with Gasteiger partial charge in [0.1, 0.15) is 0 Å². The monoisotopic (exact) mass is 202 g/mol. The van der Waals surface area contributed by atoms with Gasteiger partial charge >= 0.3 is 5.97 Å². The number of hydrogen-bond acceptors (Lipinski definition) is 3. The molecular weight excluding hydrogens is 184 g/mol. The predicted molar refractivity (Wildman–Crippen MR) is 51.0 cm³/mol. The van der Waals surface area contributed by atoms with Crippen molar-refractivity contribution in [2.24, 2.45) is 0 Å². The molecule has 2 unspecified atom stereocenters. The van der Waals surface area contributed by atoms with Crippen molar-refractivity contribution in [1.82, 2.24) is 0 Å². The zero-order valence-electron chi connectivity index (χ0n) is 8.57. The second kappa shape index (κ2) is 5.98. The van der Waals surface area contributed by atoms with E-state index in [2.05, 4.69) is 0 Å². The molecule has 0 aromatic rings. The molecule has 4 nitrogen and oxygen atoms in total. The molecule has 2 atom stereocenters. The fourth-order valence-corrected chi connectivity index (χ4v) is 1.60. The van der Waals surface area contributed by atoms with Gasteiger partial charge in [-0.1, -0.05) is 6.42 Å². The van der Waals surface area contributed by atoms with Crippen molar-refractivity contribution in [3.05, 3.63) is 0 Å². The quantitative estimate of drug-likeness (QED) is 0.690. The van der Waals surface area contributed by atoms with Gasteiger partial charge in [0, 0.05) is 6.42 Å². The first-order chi connectivity index (χ1) is 6.68. The molecule has 0 aromatic carbocycles. The summed E-state index contributed by atoms with van der Waals surface area (Å²) in [5.74, 6) is -0.716. The fraction of sp³-hybridized carbons (Fsp3) is 0.900. The zero-order valence-corrected chi connectivity index (χ0v) is 8.57. The van der Waals surface area contributed by atoms with Crippen LogP contribution in [0.2, 0.25) is 0 Å². The third kappa shape index (κ3) is 4.58. The molecule has 0 aromatic heterocycles. The summed E-state index contributed by atoms with van der Waals surface area (Å²) in [6, 6.07) is 0. The van der Waals surface area contributed by atoms with E-state index in [4.69, 9.17) is 14.6 Å². The third-order valence-corrected chi connectivity index (χ3v) is 2.34. The van der Waals surface area contributed by atoms with Crippen molar-refractivity contribution < 1.29 is 19.4 Å². The van der Waals surface area contributed by atoms with Crippen molar-refractivity contribution >= 4 is 5.97 Å². The lowest BCUT2D eigenvalue weighted by atomic mass is 10.1. The van der Waals surface area contributed by atoms with Gasteiger partial charge in [0.25, 0.3) is 0 Å². The first-order valence-electron chi connectivity index (χ1n) is 5.17. The summed E-state index contributed by atoms with van der Waals surface area (Å²) in [6.45, 7) is 2.65. The summed E-state index contributed by atoms with van der Waals surface area (Å²) in [5.41, 5.74) is 0. The average Bonchev–Trinajstić information content (AvgIpc) is 2.12. The Morgan fingerprint density at radius 2 is 2.29 bits per heavy atom. The molecule has 0 saturated carbocycles. The largest absolute Gasteiger partial charge is 0.481 e. The van der Waals surface area contributed by atoms with Crippen LogP contribution in [0.25, 0.3) is 0 Å². The van der Waals surface area contributed by atoms with Gasteiger partial charge in [-0.25, -0.2) is 0 Å². The Kier molecular flexibility index (Phi) is 4.90. The maximum absolute atomic E-state index is 10.3. The molecule has 82 valence electrons. The first kappa shape index (κ1) is 11.5. The lowest BCUT2D eigenvalue weighted by Gasteiger charge is -2.27. The smallest absolute Gasteiger partial charge is 0.303 e. The molecule has 0 radical (unpaired) electrons. The molecular formula is C10H18O4. The van der Waals surface area contributed by atoms with Crippen molar-refractivity contribution in [2.75, 3.05) is 6.61 Å². The van der Waals surface area contributed by atoms with E-state index in [9.17, 15) is 4.79 Å². The van der Waals surface area contributed by atoms with Crippen LogP contribution >= 0.6 is 0 Å². The Morgan fingerprint density at radius 1 is 1.50 bits per heavy atom. The van der Waals surface area contributed by atoms with Crippen LogP contribution in [-0.4, -0.2) is 30.1 Å². The van der Waals surface area contributed by atoms with E-state index in [0.717, 1.165) is 32.3 Å². The van der Waals surface area contributed by atoms with E-state index < -0.39 is 5.97 Å². The van der Waals surface area contributed by atoms with Gasteiger partial charge in [0.05, 0.1) is 12.7 Å². The summed E-state index contributed by atoms with van der Waals surface area (Å²) in [7, 11) is 0. The number of unbranched alkanes of at least 4 members (excludes halogenated alkanes) is 1. The Morgan fingerprint density at radius 3 is 2.93 bits per heavy atom. The summed E-state index contributed by atoms with van der Waals surface area (Å²) >= 11 is 0. The highest BCUT2D eigenvalue weighted by Crippen LogP contribution is 2.17. The molecule has 0 aliphatic carbocycles. The highest BCUT2D eigenvalue weighted by molar-refractivity contribution is 5.66. The topological polar surface area (TPSA) is 55.8 Å². The minimum atomic E-state index is -0.716. The van der Waals surface area contributed by atoms with E-state index in [1.165, 1.54) is 0 Å². The molecule has 0 amide bonds. The van der Waals surface area contributed by atoms with E-state index in [-0.39, 0.29) is 18.8 Å². The van der Waals surface area contributed by atoms with Gasteiger partial charge in [-0.05, 0) is 26.2 Å². The Labute approximate surface area is 84.2 Å². The standard InChI is InChI=1S/C10H18O4/c1-8-13-7-6-9(14-8)4-2-3-5-10(11)12/h8-9H,2-7H2,1H3,(H,11,12). The Bertz CT molecular complexity index is 181. The number of rotatable bonds is 5. The fourth-order valence-electron chi connectivity index (χ4n) is 1.60. The van der Waals surface area contributed by atoms with Crippen LogP contribution < -0.4 is 0 Å². The molecule has 0 spiro atoms. The number of ether oxygens (including phenoxy) is 2. The molecule has 1 aliphatic heterocycles. The number of aliphatic carboxylic acids is 1. The molecule has 4 heteroatoms. The van der Waals surface area contributed by atoms with E-state index in [0.29, 0.717) is 0 Å². The van der Waals surface area contributed by atoms with E-state index in [1.807, 2.05) is 6.92 Å². The van der Waals surface area contributed by atoms with E-state index in [1.54, 1.807) is 0 Å². The van der Waals surface area contributed by atoms with Crippen molar-refractivity contribution in [1.29, 1.82) is 0 Å². The highest BCUT2D eigenvalue weighted by atomic mass is 16.7. The van der Waals surface area contributed by atoms with Crippen LogP contribution in [0, 0.1) is 0 Å². The average molecular weight is 202 g/mol. The number of hydrogen-bond donors (Lipinski definition) is 1. The van der Waals surface area contributed by atoms with Gasteiger partial charge in [-0.2, -0.15) is 0 Å². The molecule has 1 saturated heterocycles. The lowest BCUT2D eigenvalue weighted by Crippen LogP contribution is -2.30. The number of carboxylic acids is 1. The zero-order chi connectivity index (χ0) is 10.4. The Hall–Kier alpha value is -0.610. The number of carbonyl (C=O) groups is 1. The van der Waals surface area contributed by atoms with Gasteiger partial charge in [-0.3, -0.25) is 4.79 Å². The van der Waals surface area contributed by atoms with Gasteiger partial charge in [-0.15, -0.1) is 0 Å². The summed E-state index contributed by atoms with van der Waals surface area (Å²) < 4.78 is 10.8. The van der Waals surface area contributed by atoms with Gasteiger partial charge in [0.15, 0.2) is 6.29 Å². The molecule has 0 bridgehead atoms. The van der Waals surface area contributed by atoms with Crippen molar-refractivity contribution in [2.45, 2.75) is 51.4 Å². The van der Waals surface area contributed by atoms with Crippen LogP contribution in [0.3, 0.4) is 0 Å². The summed E-state index contributed by atoms with van der Waals surface area (Å²) in [5, 5.41) is 8.44. The molecule has 1 aliphatic rings. The minimum Gasteiger partial charge on any atom is -0.481 e. The molecule has 1 fully saturated rings. The minimum absolute atomic E-state index is 0.103. The molecule has 14 heavy (non-hydrogen) atoms. The lowest BCUT2D eigenvalue weighted by molar-refractivity contribution is -0.203. The van der Waals surface area contributed by atoms with Crippen molar-refractivity contribution in [3.63, 3.8) is 0 Å². The van der Waals surface area contributed by atoms with Crippen LogP contribution in [0.4, 0.5) is 0 Å². The van der Waals surface area contributed by atoms with Crippen LogP contribution in [0.1, 0.15) is 39.0 Å². The van der Waals surface area contributed by atoms with Gasteiger partial charge in [0.2, 0.25) is 0 Å².